The smallest absolute Gasteiger partial charge is 0.257 e. The highest BCUT2D eigenvalue weighted by atomic mass is 32.1. The van der Waals surface area contributed by atoms with Crippen LogP contribution in [0.15, 0.2) is 18.2 Å². The van der Waals surface area contributed by atoms with Gasteiger partial charge in [0, 0.05) is 10.4 Å². The van der Waals surface area contributed by atoms with Gasteiger partial charge in [-0.1, -0.05) is 13.0 Å². The van der Waals surface area contributed by atoms with Crippen molar-refractivity contribution in [3.63, 3.8) is 0 Å². The Balaban J connectivity index is 1.52. The first-order valence-corrected chi connectivity index (χ1v) is 9.42. The lowest BCUT2D eigenvalue weighted by atomic mass is 9.90. The van der Waals surface area contributed by atoms with Crippen LogP contribution in [0, 0.1) is 5.92 Å². The Kier molecular flexibility index (Phi) is 3.93. The van der Waals surface area contributed by atoms with Crippen molar-refractivity contribution >= 4 is 22.4 Å². The van der Waals surface area contributed by atoms with E-state index in [9.17, 15) is 4.79 Å². The monoisotopic (exact) mass is 326 g/mol. The molecule has 1 aromatic carbocycles. The molecule has 4 rings (SSSR count). The minimum Gasteiger partial charge on any atom is -0.298 e. The molecule has 120 valence electrons. The van der Waals surface area contributed by atoms with Crippen LogP contribution in [-0.2, 0) is 25.7 Å². The van der Waals surface area contributed by atoms with Crippen molar-refractivity contribution in [1.29, 1.82) is 0 Å². The van der Waals surface area contributed by atoms with Crippen molar-refractivity contribution in [3.05, 3.63) is 45.5 Å². The van der Waals surface area contributed by atoms with Gasteiger partial charge in [0.15, 0.2) is 5.13 Å². The molecule has 1 atom stereocenters. The van der Waals surface area contributed by atoms with Gasteiger partial charge in [-0.05, 0) is 74.1 Å². The number of rotatable bonds is 2. The fourth-order valence-corrected chi connectivity index (χ4v) is 4.80. The van der Waals surface area contributed by atoms with Gasteiger partial charge in [0.2, 0.25) is 0 Å². The molecule has 3 nitrogen and oxygen atoms in total. The summed E-state index contributed by atoms with van der Waals surface area (Å²) in [5, 5.41) is 3.76. The number of fused-ring (bicyclic) bond motifs is 2. The van der Waals surface area contributed by atoms with E-state index in [-0.39, 0.29) is 5.91 Å². The first-order chi connectivity index (χ1) is 11.2. The summed E-state index contributed by atoms with van der Waals surface area (Å²) in [5.41, 5.74) is 4.70. The number of thiazole rings is 1. The molecule has 2 aliphatic rings. The van der Waals surface area contributed by atoms with Crippen LogP contribution >= 0.6 is 11.3 Å². The fraction of sp³-hybridized carbons (Fsp3) is 0.474. The second-order valence-corrected chi connectivity index (χ2v) is 7.97. The van der Waals surface area contributed by atoms with E-state index in [1.165, 1.54) is 41.0 Å². The third-order valence-electron chi connectivity index (χ3n) is 5.02. The summed E-state index contributed by atoms with van der Waals surface area (Å²) in [6.07, 6.45) is 8.09. The van der Waals surface area contributed by atoms with Crippen LogP contribution in [0.1, 0.15) is 58.2 Å². The zero-order valence-corrected chi connectivity index (χ0v) is 14.3. The largest absolute Gasteiger partial charge is 0.298 e. The van der Waals surface area contributed by atoms with Gasteiger partial charge in [-0.2, -0.15) is 0 Å². The summed E-state index contributed by atoms with van der Waals surface area (Å²) in [5.74, 6) is 0.699. The lowest BCUT2D eigenvalue weighted by Gasteiger charge is -2.16. The Hall–Kier alpha value is -1.68. The van der Waals surface area contributed by atoms with Crippen molar-refractivity contribution in [3.8, 4) is 0 Å². The van der Waals surface area contributed by atoms with Gasteiger partial charge in [0.1, 0.15) is 0 Å². The summed E-state index contributed by atoms with van der Waals surface area (Å²) >= 11 is 1.65. The van der Waals surface area contributed by atoms with Gasteiger partial charge in [0.05, 0.1) is 5.69 Å². The average Bonchev–Trinajstić information content (AvgIpc) is 2.95. The first-order valence-electron chi connectivity index (χ1n) is 8.61. The molecule has 1 aromatic heterocycles. The van der Waals surface area contributed by atoms with Crippen LogP contribution in [0.25, 0.3) is 0 Å². The zero-order chi connectivity index (χ0) is 15.8. The molecule has 2 aliphatic carbocycles. The molecule has 1 N–H and O–H groups in total. The number of carbonyl (C=O) groups is 1. The minimum absolute atomic E-state index is 0.0301. The highest BCUT2D eigenvalue weighted by Crippen LogP contribution is 2.32. The third-order valence-corrected chi connectivity index (χ3v) is 6.05. The average molecular weight is 326 g/mol. The van der Waals surface area contributed by atoms with Gasteiger partial charge in [0.25, 0.3) is 5.91 Å². The van der Waals surface area contributed by atoms with E-state index in [0.29, 0.717) is 0 Å². The van der Waals surface area contributed by atoms with E-state index >= 15 is 0 Å². The number of aromatic nitrogens is 1. The highest BCUT2D eigenvalue weighted by Gasteiger charge is 2.21. The van der Waals surface area contributed by atoms with Crippen molar-refractivity contribution in [2.75, 3.05) is 5.32 Å². The number of nitrogens with one attached hydrogen (secondary N) is 1. The van der Waals surface area contributed by atoms with Gasteiger partial charge in [-0.15, -0.1) is 11.3 Å². The number of anilines is 1. The SMILES string of the molecule is C[C@H]1CCc2nc(NC(=O)c3ccc4c(c3)CCCC4)sc2C1. The Bertz CT molecular complexity index is 750. The predicted molar refractivity (Wildman–Crippen MR) is 94.3 cm³/mol. The van der Waals surface area contributed by atoms with Crippen LogP contribution in [0.2, 0.25) is 0 Å². The van der Waals surface area contributed by atoms with Crippen molar-refractivity contribution in [2.45, 2.75) is 51.9 Å². The number of aryl methyl sites for hydroxylation is 3. The fourth-order valence-electron chi connectivity index (χ4n) is 3.64. The van der Waals surface area contributed by atoms with Gasteiger partial charge >= 0.3 is 0 Å². The Morgan fingerprint density at radius 2 is 2.04 bits per heavy atom. The number of hydrogen-bond acceptors (Lipinski definition) is 3. The molecule has 2 aromatic rings. The molecule has 0 saturated carbocycles. The second kappa shape index (κ2) is 6.08. The van der Waals surface area contributed by atoms with Crippen LogP contribution in [0.5, 0.6) is 0 Å². The number of benzene rings is 1. The standard InChI is InChI=1S/C19H22N2OS/c1-12-6-9-16-17(10-12)23-19(20-16)21-18(22)15-8-7-13-4-2-3-5-14(13)11-15/h7-8,11-12H,2-6,9-10H2,1H3,(H,20,21,22)/t12-/m0/s1. The van der Waals surface area contributed by atoms with E-state index in [1.54, 1.807) is 11.3 Å². The van der Waals surface area contributed by atoms with Gasteiger partial charge < -0.3 is 0 Å². The second-order valence-electron chi connectivity index (χ2n) is 6.88. The predicted octanol–water partition coefficient (Wildman–Crippen LogP) is 4.40. The van der Waals surface area contributed by atoms with Crippen LogP contribution in [-0.4, -0.2) is 10.9 Å². The molecule has 0 saturated heterocycles. The Morgan fingerprint density at radius 1 is 1.22 bits per heavy atom. The van der Waals surface area contributed by atoms with E-state index in [1.807, 2.05) is 6.07 Å². The summed E-state index contributed by atoms with van der Waals surface area (Å²) < 4.78 is 0. The summed E-state index contributed by atoms with van der Waals surface area (Å²) in [6, 6.07) is 6.15. The molecule has 4 heteroatoms. The molecule has 0 aliphatic heterocycles. The number of amides is 1. The van der Waals surface area contributed by atoms with Crippen molar-refractivity contribution in [1.82, 2.24) is 4.98 Å². The Morgan fingerprint density at radius 3 is 2.91 bits per heavy atom. The van der Waals surface area contributed by atoms with Crippen LogP contribution < -0.4 is 5.32 Å². The normalized spacial score (nSPS) is 19.8. The maximum atomic E-state index is 12.5. The molecule has 23 heavy (non-hydrogen) atoms. The molecule has 1 amide bonds. The maximum absolute atomic E-state index is 12.5. The molecular weight excluding hydrogens is 304 g/mol. The number of nitrogens with zero attached hydrogens (tertiary/aromatic N) is 1. The lowest BCUT2D eigenvalue weighted by Crippen LogP contribution is -2.13. The summed E-state index contributed by atoms with van der Waals surface area (Å²) in [4.78, 5) is 18.5. The van der Waals surface area contributed by atoms with E-state index in [0.717, 1.165) is 42.3 Å². The molecule has 1 heterocycles. The summed E-state index contributed by atoms with van der Waals surface area (Å²) in [7, 11) is 0. The quantitative estimate of drug-likeness (QED) is 0.889. The number of carbonyl (C=O) groups excluding carboxylic acids is 1. The topological polar surface area (TPSA) is 42.0 Å². The zero-order valence-electron chi connectivity index (χ0n) is 13.5. The van der Waals surface area contributed by atoms with E-state index < -0.39 is 0 Å². The number of hydrogen-bond donors (Lipinski definition) is 1. The van der Waals surface area contributed by atoms with Crippen LogP contribution in [0.4, 0.5) is 5.13 Å². The van der Waals surface area contributed by atoms with Gasteiger partial charge in [-0.25, -0.2) is 4.98 Å². The molecule has 0 unspecified atom stereocenters. The molecular formula is C19H22N2OS. The van der Waals surface area contributed by atoms with Crippen LogP contribution in [0.3, 0.4) is 0 Å². The third kappa shape index (κ3) is 3.05. The molecule has 0 spiro atoms. The van der Waals surface area contributed by atoms with E-state index in [2.05, 4.69) is 29.4 Å². The summed E-state index contributed by atoms with van der Waals surface area (Å²) in [6.45, 7) is 2.29. The van der Waals surface area contributed by atoms with Crippen molar-refractivity contribution in [2.24, 2.45) is 5.92 Å². The minimum atomic E-state index is -0.0301. The van der Waals surface area contributed by atoms with E-state index in [4.69, 9.17) is 0 Å². The lowest BCUT2D eigenvalue weighted by molar-refractivity contribution is 0.102. The Labute approximate surface area is 141 Å². The molecule has 0 fully saturated rings. The molecule has 0 bridgehead atoms. The highest BCUT2D eigenvalue weighted by molar-refractivity contribution is 7.15. The first kappa shape index (κ1) is 14.9. The van der Waals surface area contributed by atoms with Gasteiger partial charge in [-0.3, -0.25) is 10.1 Å². The maximum Gasteiger partial charge on any atom is 0.257 e. The van der Waals surface area contributed by atoms with Crippen molar-refractivity contribution < 1.29 is 4.79 Å². The molecule has 0 radical (unpaired) electrons.